The molecule has 2 aliphatic rings. The quantitative estimate of drug-likeness (QED) is 0.164. The summed E-state index contributed by atoms with van der Waals surface area (Å²) < 4.78 is 69.8. The second-order valence-corrected chi connectivity index (χ2v) is 10.4. The van der Waals surface area contributed by atoms with Gasteiger partial charge in [-0.25, -0.2) is 13.8 Å². The fourth-order valence-electron chi connectivity index (χ4n) is 5.39. The number of thioether (sulfide) groups is 1. The summed E-state index contributed by atoms with van der Waals surface area (Å²) in [5.74, 6) is -0.618. The number of rotatable bonds is 6. The Morgan fingerprint density at radius 2 is 1.68 bits per heavy atom. The van der Waals surface area contributed by atoms with Crippen LogP contribution in [-0.2, 0) is 11.0 Å². The Bertz CT molecular complexity index is 1390. The van der Waals surface area contributed by atoms with Crippen molar-refractivity contribution in [1.29, 1.82) is 0 Å². The summed E-state index contributed by atoms with van der Waals surface area (Å²) in [6.07, 6.45) is -0.942. The average Bonchev–Trinajstić information content (AvgIpc) is 2.98. The number of anilines is 2. The van der Waals surface area contributed by atoms with E-state index in [4.69, 9.17) is 4.99 Å². The van der Waals surface area contributed by atoms with Crippen molar-refractivity contribution in [3.8, 4) is 0 Å². The smallest absolute Gasteiger partial charge is 0.371 e. The lowest BCUT2D eigenvalue weighted by Gasteiger charge is -2.43. The minimum absolute atomic E-state index is 0.0477. The molecule has 41 heavy (non-hydrogen) atoms. The van der Waals surface area contributed by atoms with Crippen LogP contribution in [0.25, 0.3) is 0 Å². The van der Waals surface area contributed by atoms with Gasteiger partial charge in [0.15, 0.2) is 0 Å². The molecule has 10 heteroatoms. The van der Waals surface area contributed by atoms with E-state index in [1.807, 2.05) is 13.8 Å². The lowest BCUT2D eigenvalue weighted by Crippen LogP contribution is -2.46. The van der Waals surface area contributed by atoms with Crippen LogP contribution in [0.2, 0.25) is 0 Å². The molecule has 0 aromatic heterocycles. The van der Waals surface area contributed by atoms with Crippen LogP contribution in [0.1, 0.15) is 50.3 Å². The van der Waals surface area contributed by atoms with Crippen LogP contribution in [-0.4, -0.2) is 31.5 Å². The number of para-hydroxylation sites is 1. The minimum Gasteiger partial charge on any atom is -0.371 e. The maximum Gasteiger partial charge on any atom is 0.416 e. The monoisotopic (exact) mass is 589 g/mol. The Labute approximate surface area is 241 Å². The molecule has 3 aromatic rings. The third kappa shape index (κ3) is 6.42. The van der Waals surface area contributed by atoms with E-state index in [-0.39, 0.29) is 23.8 Å². The maximum atomic E-state index is 15.0. The van der Waals surface area contributed by atoms with Gasteiger partial charge in [-0.15, -0.1) is 11.8 Å². The zero-order valence-corrected chi connectivity index (χ0v) is 23.9. The van der Waals surface area contributed by atoms with Gasteiger partial charge in [0, 0.05) is 41.6 Å². The molecule has 0 radical (unpaired) electrons. The lowest BCUT2D eigenvalue weighted by atomic mass is 9.89. The molecule has 2 heterocycles. The topological polar surface area (TPSA) is 35.9 Å². The Morgan fingerprint density at radius 1 is 1.00 bits per heavy atom. The van der Waals surface area contributed by atoms with Crippen molar-refractivity contribution < 1.29 is 26.7 Å². The van der Waals surface area contributed by atoms with Crippen LogP contribution in [0.15, 0.2) is 70.6 Å². The van der Waals surface area contributed by atoms with E-state index in [9.17, 15) is 22.4 Å². The number of hydrogen-bond acceptors (Lipinski definition) is 5. The first-order valence-corrected chi connectivity index (χ1v) is 14.8. The SMILES string of the molecule is CC.CSc1ccc(C(F)(F)F)cc1N1C(C2CCN(c3ccc(F)cc3)CC2)=Nc2c(F)cccc2C1CC=O. The second-order valence-electron chi connectivity index (χ2n) is 9.56. The van der Waals surface area contributed by atoms with E-state index < -0.39 is 23.6 Å². The van der Waals surface area contributed by atoms with Crippen LogP contribution < -0.4 is 9.80 Å². The molecule has 0 amide bonds. The molecule has 0 aliphatic carbocycles. The van der Waals surface area contributed by atoms with Crippen molar-refractivity contribution in [1.82, 2.24) is 0 Å². The van der Waals surface area contributed by atoms with Gasteiger partial charge in [-0.3, -0.25) is 0 Å². The molecule has 1 saturated heterocycles. The Morgan fingerprint density at radius 3 is 2.29 bits per heavy atom. The van der Waals surface area contributed by atoms with Crippen molar-refractivity contribution in [2.24, 2.45) is 10.9 Å². The first-order valence-electron chi connectivity index (χ1n) is 13.6. The molecule has 2 aliphatic heterocycles. The third-order valence-electron chi connectivity index (χ3n) is 7.30. The highest BCUT2D eigenvalue weighted by molar-refractivity contribution is 7.98. The summed E-state index contributed by atoms with van der Waals surface area (Å²) in [6, 6.07) is 13.5. The van der Waals surface area contributed by atoms with Crippen molar-refractivity contribution in [2.45, 2.75) is 50.2 Å². The molecule has 0 saturated carbocycles. The maximum absolute atomic E-state index is 15.0. The number of nitrogens with zero attached hydrogens (tertiary/aromatic N) is 3. The number of amidine groups is 1. The van der Waals surface area contributed by atoms with Crippen LogP contribution in [0, 0.1) is 17.6 Å². The number of carbonyl (C=O) groups is 1. The summed E-state index contributed by atoms with van der Waals surface area (Å²) in [5, 5.41) is 0. The summed E-state index contributed by atoms with van der Waals surface area (Å²) in [7, 11) is 0. The van der Waals surface area contributed by atoms with E-state index in [2.05, 4.69) is 4.90 Å². The van der Waals surface area contributed by atoms with Gasteiger partial charge in [-0.1, -0.05) is 26.0 Å². The molecule has 5 rings (SSSR count). The number of benzene rings is 3. The Hall–Kier alpha value is -3.40. The van der Waals surface area contributed by atoms with E-state index in [1.165, 1.54) is 42.1 Å². The first kappa shape index (κ1) is 30.6. The van der Waals surface area contributed by atoms with Crippen molar-refractivity contribution >= 4 is 40.9 Å². The molecule has 1 unspecified atom stereocenters. The predicted octanol–water partition coefficient (Wildman–Crippen LogP) is 8.83. The van der Waals surface area contributed by atoms with Gasteiger partial charge in [-0.05, 0) is 67.6 Å². The standard InChI is InChI=1S/C29H26F5N3OS.C2H6/c1-39-26-10-5-19(29(32,33)34)17-25(26)37-24(13-16-38)22-3-2-4-23(31)27(22)35-28(37)18-11-14-36(15-12-18)21-8-6-20(30)7-9-21;1-2/h2-10,16-18,24H,11-15H2,1H3;1-2H3. The summed E-state index contributed by atoms with van der Waals surface area (Å²) in [5.41, 5.74) is 0.929. The minimum atomic E-state index is -4.57. The number of halogens is 5. The number of carbonyl (C=O) groups excluding carboxylic acids is 1. The summed E-state index contributed by atoms with van der Waals surface area (Å²) in [4.78, 5) is 21.0. The number of fused-ring (bicyclic) bond motifs is 1. The van der Waals surface area contributed by atoms with Gasteiger partial charge in [-0.2, -0.15) is 13.2 Å². The van der Waals surface area contributed by atoms with Gasteiger partial charge < -0.3 is 14.6 Å². The number of alkyl halides is 3. The summed E-state index contributed by atoms with van der Waals surface area (Å²) in [6.45, 7) is 5.20. The van der Waals surface area contributed by atoms with E-state index in [0.29, 0.717) is 54.2 Å². The zero-order valence-electron chi connectivity index (χ0n) is 23.1. The van der Waals surface area contributed by atoms with Crippen molar-refractivity contribution in [2.75, 3.05) is 29.1 Å². The molecular formula is C31H32F5N3OS. The van der Waals surface area contributed by atoms with Crippen LogP contribution in [0.3, 0.4) is 0 Å². The highest BCUT2D eigenvalue weighted by Gasteiger charge is 2.39. The highest BCUT2D eigenvalue weighted by atomic mass is 32.2. The molecule has 0 N–H and O–H groups in total. The van der Waals surface area contributed by atoms with Gasteiger partial charge in [0.25, 0.3) is 0 Å². The van der Waals surface area contributed by atoms with Crippen molar-refractivity contribution in [3.63, 3.8) is 0 Å². The normalized spacial score (nSPS) is 17.4. The molecule has 4 nitrogen and oxygen atoms in total. The fourth-order valence-corrected chi connectivity index (χ4v) is 5.96. The Kier molecular flexibility index (Phi) is 9.73. The van der Waals surface area contributed by atoms with Crippen molar-refractivity contribution in [3.05, 3.63) is 83.4 Å². The molecule has 1 fully saturated rings. The summed E-state index contributed by atoms with van der Waals surface area (Å²) >= 11 is 1.30. The highest BCUT2D eigenvalue weighted by Crippen LogP contribution is 2.47. The fraction of sp³-hybridized carbons (Fsp3) is 0.355. The Balaban J connectivity index is 0.00000189. The number of piperidine rings is 1. The van der Waals surface area contributed by atoms with Gasteiger partial charge in [0.05, 0.1) is 17.3 Å². The number of aliphatic imine (C=N–C) groups is 1. The average molecular weight is 590 g/mol. The molecule has 0 bridgehead atoms. The second kappa shape index (κ2) is 13.1. The zero-order chi connectivity index (χ0) is 29.7. The molecule has 0 spiro atoms. The van der Waals surface area contributed by atoms with Crippen LogP contribution in [0.4, 0.5) is 39.0 Å². The predicted molar refractivity (Wildman–Crippen MR) is 155 cm³/mol. The van der Waals surface area contributed by atoms with Crippen LogP contribution >= 0.6 is 11.8 Å². The molecule has 1 atom stereocenters. The molecule has 218 valence electrons. The number of aldehydes is 1. The van der Waals surface area contributed by atoms with Gasteiger partial charge >= 0.3 is 6.18 Å². The van der Waals surface area contributed by atoms with Crippen LogP contribution in [0.5, 0.6) is 0 Å². The number of hydrogen-bond donors (Lipinski definition) is 0. The van der Waals surface area contributed by atoms with Gasteiger partial charge in [0.2, 0.25) is 0 Å². The van der Waals surface area contributed by atoms with E-state index >= 15 is 4.39 Å². The molecule has 3 aromatic carbocycles. The largest absolute Gasteiger partial charge is 0.416 e. The first-order chi connectivity index (χ1) is 19.7. The van der Waals surface area contributed by atoms with E-state index in [0.717, 1.165) is 17.8 Å². The van der Waals surface area contributed by atoms with E-state index in [1.54, 1.807) is 29.4 Å². The third-order valence-corrected chi connectivity index (χ3v) is 8.08. The van der Waals surface area contributed by atoms with Gasteiger partial charge in [0.1, 0.15) is 29.4 Å². The lowest BCUT2D eigenvalue weighted by molar-refractivity contribution is -0.137. The molecular weight excluding hydrogens is 557 g/mol.